The quantitative estimate of drug-likeness (QED) is 0.801. The van der Waals surface area contributed by atoms with E-state index < -0.39 is 17.7 Å². The lowest BCUT2D eigenvalue weighted by molar-refractivity contribution is 0.0630. The lowest BCUT2D eigenvalue weighted by Gasteiger charge is -2.19. The molecule has 8 heteroatoms. The summed E-state index contributed by atoms with van der Waals surface area (Å²) in [6.45, 7) is 5.07. The van der Waals surface area contributed by atoms with E-state index in [0.717, 1.165) is 6.07 Å². The molecule has 1 heterocycles. The molecule has 18 heavy (non-hydrogen) atoms. The van der Waals surface area contributed by atoms with Crippen LogP contribution >= 0.6 is 11.6 Å². The Morgan fingerprint density at radius 1 is 1.39 bits per heavy atom. The van der Waals surface area contributed by atoms with Gasteiger partial charge in [0, 0.05) is 6.07 Å². The molecule has 98 valence electrons. The number of carbonyl (C=O) groups is 2. The largest absolute Gasteiger partial charge is 0.477 e. The van der Waals surface area contributed by atoms with Gasteiger partial charge in [0.2, 0.25) is 5.95 Å². The first-order chi connectivity index (χ1) is 8.17. The van der Waals surface area contributed by atoms with E-state index >= 15 is 0 Å². The zero-order valence-electron chi connectivity index (χ0n) is 10.0. The number of nitrogens with zero attached hydrogens (tertiary/aromatic N) is 2. The molecule has 0 aromatic carbocycles. The van der Waals surface area contributed by atoms with Gasteiger partial charge in [-0.3, -0.25) is 5.32 Å². The van der Waals surface area contributed by atoms with Crippen LogP contribution in [0.1, 0.15) is 31.3 Å². The fourth-order valence-electron chi connectivity index (χ4n) is 0.978. The van der Waals surface area contributed by atoms with Crippen LogP contribution in [0.25, 0.3) is 0 Å². The molecule has 0 atom stereocenters. The maximum absolute atomic E-state index is 11.4. The van der Waals surface area contributed by atoms with Crippen LogP contribution in [-0.2, 0) is 4.74 Å². The molecule has 0 spiro atoms. The fraction of sp³-hybridized carbons (Fsp3) is 0.400. The van der Waals surface area contributed by atoms with Gasteiger partial charge in [-0.05, 0) is 20.8 Å². The third-order valence-electron chi connectivity index (χ3n) is 1.53. The molecule has 0 fully saturated rings. The second kappa shape index (κ2) is 5.18. The van der Waals surface area contributed by atoms with Gasteiger partial charge in [0.05, 0.1) is 0 Å². The highest BCUT2D eigenvalue weighted by Crippen LogP contribution is 2.12. The first-order valence-corrected chi connectivity index (χ1v) is 5.33. The number of halogens is 1. The molecular weight excluding hydrogens is 262 g/mol. The van der Waals surface area contributed by atoms with Crippen molar-refractivity contribution < 1.29 is 19.4 Å². The standard InChI is InChI=1S/C10H12ClN3O4/c1-10(2,3)18-9(17)14-8-12-5(7(15)16)4-6(11)13-8/h4H,1-3H3,(H,15,16)(H,12,13,14,17). The predicted molar refractivity (Wildman–Crippen MR) is 63.9 cm³/mol. The lowest BCUT2D eigenvalue weighted by atomic mass is 10.2. The van der Waals surface area contributed by atoms with E-state index in [1.807, 2.05) is 0 Å². The molecule has 1 aromatic rings. The van der Waals surface area contributed by atoms with Crippen molar-refractivity contribution in [3.05, 3.63) is 16.9 Å². The van der Waals surface area contributed by atoms with E-state index in [-0.39, 0.29) is 16.8 Å². The van der Waals surface area contributed by atoms with E-state index in [4.69, 9.17) is 21.4 Å². The average molecular weight is 274 g/mol. The smallest absolute Gasteiger partial charge is 0.414 e. The van der Waals surface area contributed by atoms with Crippen molar-refractivity contribution in [2.24, 2.45) is 0 Å². The Labute approximate surface area is 108 Å². The molecule has 7 nitrogen and oxygen atoms in total. The Kier molecular flexibility index (Phi) is 4.07. The number of carboxylic acid groups (broad SMARTS) is 1. The Morgan fingerprint density at radius 3 is 2.50 bits per heavy atom. The predicted octanol–water partition coefficient (Wildman–Crippen LogP) is 2.18. The second-order valence-corrected chi connectivity index (χ2v) is 4.72. The summed E-state index contributed by atoms with van der Waals surface area (Å²) in [6, 6.07) is 1.07. The maximum atomic E-state index is 11.4. The molecule has 0 aliphatic heterocycles. The zero-order valence-corrected chi connectivity index (χ0v) is 10.8. The molecule has 1 rings (SSSR count). The molecule has 0 saturated carbocycles. The van der Waals surface area contributed by atoms with Crippen molar-refractivity contribution in [3.63, 3.8) is 0 Å². The first-order valence-electron chi connectivity index (χ1n) is 4.95. The van der Waals surface area contributed by atoms with Crippen molar-refractivity contribution in [2.75, 3.05) is 5.32 Å². The summed E-state index contributed by atoms with van der Waals surface area (Å²) in [5.74, 6) is -1.50. The van der Waals surface area contributed by atoms with Gasteiger partial charge in [-0.25, -0.2) is 19.6 Å². The molecule has 0 bridgehead atoms. The summed E-state index contributed by atoms with van der Waals surface area (Å²) in [6.07, 6.45) is -0.791. The first kappa shape index (κ1) is 14.2. The van der Waals surface area contributed by atoms with Crippen LogP contribution in [0.15, 0.2) is 6.07 Å². The number of anilines is 1. The minimum Gasteiger partial charge on any atom is -0.477 e. The van der Waals surface area contributed by atoms with Crippen LogP contribution in [0.2, 0.25) is 5.15 Å². The van der Waals surface area contributed by atoms with Gasteiger partial charge < -0.3 is 9.84 Å². The van der Waals surface area contributed by atoms with Gasteiger partial charge >= 0.3 is 12.1 Å². The number of nitrogens with one attached hydrogen (secondary N) is 1. The highest BCUT2D eigenvalue weighted by atomic mass is 35.5. The lowest BCUT2D eigenvalue weighted by Crippen LogP contribution is -2.28. The number of aromatic nitrogens is 2. The third-order valence-corrected chi connectivity index (χ3v) is 1.72. The fourth-order valence-corrected chi connectivity index (χ4v) is 1.16. The number of hydrogen-bond donors (Lipinski definition) is 2. The summed E-state index contributed by atoms with van der Waals surface area (Å²) in [7, 11) is 0. The zero-order chi connectivity index (χ0) is 13.9. The number of hydrogen-bond acceptors (Lipinski definition) is 5. The van der Waals surface area contributed by atoms with Crippen molar-refractivity contribution in [1.29, 1.82) is 0 Å². The van der Waals surface area contributed by atoms with Crippen LogP contribution in [0.4, 0.5) is 10.7 Å². The number of rotatable bonds is 2. The minimum atomic E-state index is -1.27. The molecular formula is C10H12ClN3O4. The molecule has 0 aliphatic carbocycles. The summed E-state index contributed by atoms with van der Waals surface area (Å²) < 4.78 is 4.96. The van der Waals surface area contributed by atoms with E-state index in [0.29, 0.717) is 0 Å². The molecule has 0 radical (unpaired) electrons. The van der Waals surface area contributed by atoms with Crippen LogP contribution in [0, 0.1) is 0 Å². The third kappa shape index (κ3) is 4.54. The maximum Gasteiger partial charge on any atom is 0.414 e. The highest BCUT2D eigenvalue weighted by molar-refractivity contribution is 6.29. The van der Waals surface area contributed by atoms with Crippen LogP contribution in [-0.4, -0.2) is 32.7 Å². The molecule has 1 amide bonds. The SMILES string of the molecule is CC(C)(C)OC(=O)Nc1nc(Cl)cc(C(=O)O)n1. The van der Waals surface area contributed by atoms with Crippen LogP contribution in [0.5, 0.6) is 0 Å². The topological polar surface area (TPSA) is 101 Å². The van der Waals surface area contributed by atoms with E-state index in [1.54, 1.807) is 20.8 Å². The summed E-state index contributed by atoms with van der Waals surface area (Å²) in [4.78, 5) is 29.4. The summed E-state index contributed by atoms with van der Waals surface area (Å²) in [5, 5.41) is 10.9. The van der Waals surface area contributed by atoms with Gasteiger partial charge in [-0.2, -0.15) is 0 Å². The number of carbonyl (C=O) groups excluding carboxylic acids is 1. The number of amides is 1. The molecule has 0 saturated heterocycles. The number of ether oxygens (including phenoxy) is 1. The average Bonchev–Trinajstić information content (AvgIpc) is 2.12. The minimum absolute atomic E-state index is 0.0894. The Balaban J connectivity index is 2.85. The van der Waals surface area contributed by atoms with Crippen LogP contribution < -0.4 is 5.32 Å². The van der Waals surface area contributed by atoms with Crippen molar-refractivity contribution in [3.8, 4) is 0 Å². The van der Waals surface area contributed by atoms with E-state index in [9.17, 15) is 9.59 Å². The van der Waals surface area contributed by atoms with Gasteiger partial charge in [0.15, 0.2) is 5.69 Å². The Hall–Kier alpha value is -1.89. The van der Waals surface area contributed by atoms with Crippen molar-refractivity contribution >= 4 is 29.6 Å². The number of aromatic carboxylic acids is 1. The summed E-state index contributed by atoms with van der Waals surface area (Å²) >= 11 is 5.60. The Bertz CT molecular complexity index is 485. The van der Waals surface area contributed by atoms with Gasteiger partial charge in [0.25, 0.3) is 0 Å². The van der Waals surface area contributed by atoms with Gasteiger partial charge in [0.1, 0.15) is 10.8 Å². The molecule has 2 N–H and O–H groups in total. The van der Waals surface area contributed by atoms with E-state index in [2.05, 4.69) is 15.3 Å². The Morgan fingerprint density at radius 2 is 2.00 bits per heavy atom. The van der Waals surface area contributed by atoms with Gasteiger partial charge in [-0.15, -0.1) is 0 Å². The number of carboxylic acids is 1. The van der Waals surface area contributed by atoms with Crippen LogP contribution in [0.3, 0.4) is 0 Å². The van der Waals surface area contributed by atoms with Crippen molar-refractivity contribution in [1.82, 2.24) is 9.97 Å². The van der Waals surface area contributed by atoms with Gasteiger partial charge in [-0.1, -0.05) is 11.6 Å². The second-order valence-electron chi connectivity index (χ2n) is 4.33. The molecule has 0 aliphatic rings. The highest BCUT2D eigenvalue weighted by Gasteiger charge is 2.18. The van der Waals surface area contributed by atoms with E-state index in [1.165, 1.54) is 0 Å². The molecule has 0 unspecified atom stereocenters. The monoisotopic (exact) mass is 273 g/mol. The normalized spacial score (nSPS) is 10.9. The molecule has 1 aromatic heterocycles. The summed E-state index contributed by atoms with van der Waals surface area (Å²) in [5.41, 5.74) is -1.00. The van der Waals surface area contributed by atoms with Crippen molar-refractivity contribution in [2.45, 2.75) is 26.4 Å².